The van der Waals surface area contributed by atoms with E-state index in [-0.39, 0.29) is 22.9 Å². The fourth-order valence-corrected chi connectivity index (χ4v) is 3.30. The Morgan fingerprint density at radius 1 is 1.14 bits per heavy atom. The number of hydrogen-bond donors (Lipinski definition) is 0. The number of ketones is 1. The first kappa shape index (κ1) is 21.2. The van der Waals surface area contributed by atoms with Crippen LogP contribution in [0.4, 0.5) is 13.2 Å². The minimum Gasteiger partial charge on any atom is -0.435 e. The minimum absolute atomic E-state index is 0.0559. The van der Waals surface area contributed by atoms with E-state index in [1.807, 2.05) is 4.90 Å². The van der Waals surface area contributed by atoms with Crippen LogP contribution in [-0.4, -0.2) is 48.4 Å². The van der Waals surface area contributed by atoms with Crippen LogP contribution in [0.25, 0.3) is 0 Å². The third kappa shape index (κ3) is 5.98. The molecule has 0 N–H and O–H groups in total. The zero-order valence-corrected chi connectivity index (χ0v) is 16.3. The van der Waals surface area contributed by atoms with E-state index in [1.165, 1.54) is 30.3 Å². The maximum atomic E-state index is 13.9. The number of hydrogen-bond acceptors (Lipinski definition) is 4. The number of allylic oxidation sites excluding steroid dienone is 1. The Balaban J connectivity index is 1.52. The largest absolute Gasteiger partial charge is 0.435 e. The van der Waals surface area contributed by atoms with Crippen LogP contribution in [0.15, 0.2) is 54.7 Å². The van der Waals surface area contributed by atoms with Gasteiger partial charge in [0.2, 0.25) is 0 Å². The summed E-state index contributed by atoms with van der Waals surface area (Å²) in [6.07, 6.45) is 3.10. The first-order valence-electron chi connectivity index (χ1n) is 9.09. The highest BCUT2D eigenvalue weighted by Crippen LogP contribution is 2.21. The van der Waals surface area contributed by atoms with Crippen LogP contribution in [0.5, 0.6) is 5.75 Å². The number of nitrogens with zero attached hydrogens (tertiary/aromatic N) is 2. The van der Waals surface area contributed by atoms with Crippen LogP contribution in [-0.2, 0) is 6.54 Å². The molecular weight excluding hydrogens is 405 g/mol. The number of piperazine rings is 1. The molecule has 2 aromatic carbocycles. The second-order valence-corrected chi connectivity index (χ2v) is 7.01. The molecule has 0 spiro atoms. The zero-order chi connectivity index (χ0) is 20.8. The summed E-state index contributed by atoms with van der Waals surface area (Å²) < 4.78 is 42.8. The summed E-state index contributed by atoms with van der Waals surface area (Å²) in [5, 5.41) is 0.413. The first-order chi connectivity index (χ1) is 13.9. The van der Waals surface area contributed by atoms with Gasteiger partial charge in [0, 0.05) is 61.1 Å². The summed E-state index contributed by atoms with van der Waals surface area (Å²) in [5.41, 5.74) is 0.756. The molecule has 0 radical (unpaired) electrons. The lowest BCUT2D eigenvalue weighted by molar-refractivity contribution is -0.0498. The molecule has 0 amide bonds. The van der Waals surface area contributed by atoms with Gasteiger partial charge in [-0.15, -0.1) is 0 Å². The van der Waals surface area contributed by atoms with Gasteiger partial charge in [-0.25, -0.2) is 4.39 Å². The maximum absolute atomic E-state index is 13.9. The second-order valence-electron chi connectivity index (χ2n) is 6.60. The summed E-state index contributed by atoms with van der Waals surface area (Å²) in [6.45, 7) is 0.224. The Morgan fingerprint density at radius 2 is 1.86 bits per heavy atom. The van der Waals surface area contributed by atoms with E-state index in [0.717, 1.165) is 0 Å². The van der Waals surface area contributed by atoms with Crippen molar-refractivity contribution in [2.75, 3.05) is 26.2 Å². The molecule has 0 aromatic heterocycles. The van der Waals surface area contributed by atoms with Gasteiger partial charge in [-0.05, 0) is 24.3 Å². The molecule has 1 aliphatic rings. The lowest BCUT2D eigenvalue weighted by Crippen LogP contribution is -2.43. The van der Waals surface area contributed by atoms with Gasteiger partial charge in [-0.2, -0.15) is 8.78 Å². The number of halogens is 4. The average Bonchev–Trinajstić information content (AvgIpc) is 2.69. The molecule has 1 aliphatic heterocycles. The summed E-state index contributed by atoms with van der Waals surface area (Å²) in [5.74, 6) is -0.673. The van der Waals surface area contributed by atoms with Crippen molar-refractivity contribution < 1.29 is 22.7 Å². The van der Waals surface area contributed by atoms with Crippen molar-refractivity contribution in [3.8, 4) is 5.75 Å². The Morgan fingerprint density at radius 3 is 2.55 bits per heavy atom. The van der Waals surface area contributed by atoms with E-state index in [1.54, 1.807) is 24.4 Å². The van der Waals surface area contributed by atoms with E-state index in [0.29, 0.717) is 43.3 Å². The van der Waals surface area contributed by atoms with Crippen LogP contribution >= 0.6 is 11.6 Å². The summed E-state index contributed by atoms with van der Waals surface area (Å²) in [4.78, 5) is 16.4. The van der Waals surface area contributed by atoms with Gasteiger partial charge >= 0.3 is 6.61 Å². The molecule has 0 bridgehead atoms. The molecule has 0 aliphatic carbocycles. The highest BCUT2D eigenvalue weighted by atomic mass is 35.5. The number of alkyl halides is 2. The first-order valence-corrected chi connectivity index (χ1v) is 9.47. The lowest BCUT2D eigenvalue weighted by Gasteiger charge is -2.34. The molecular formula is C21H20ClF3N2O2. The fourth-order valence-electron chi connectivity index (χ4n) is 3.07. The number of carbonyl (C=O) groups excluding carboxylic acids is 1. The van der Waals surface area contributed by atoms with Crippen LogP contribution in [0.1, 0.15) is 15.9 Å². The summed E-state index contributed by atoms with van der Waals surface area (Å²) in [6, 6.07) is 10.3. The Labute approximate surface area is 172 Å². The van der Waals surface area contributed by atoms with Crippen LogP contribution in [0, 0.1) is 5.82 Å². The van der Waals surface area contributed by atoms with Gasteiger partial charge < -0.3 is 9.64 Å². The third-order valence-corrected chi connectivity index (χ3v) is 4.98. The molecule has 4 nitrogen and oxygen atoms in total. The number of rotatable bonds is 7. The molecule has 0 atom stereocenters. The monoisotopic (exact) mass is 424 g/mol. The Bertz CT molecular complexity index is 864. The molecule has 0 unspecified atom stereocenters. The molecule has 1 fully saturated rings. The molecule has 2 aromatic rings. The molecule has 29 heavy (non-hydrogen) atoms. The van der Waals surface area contributed by atoms with Gasteiger partial charge in [0.1, 0.15) is 11.6 Å². The van der Waals surface area contributed by atoms with Gasteiger partial charge in [0.05, 0.1) is 0 Å². The van der Waals surface area contributed by atoms with Gasteiger partial charge in [0.15, 0.2) is 5.78 Å². The summed E-state index contributed by atoms with van der Waals surface area (Å²) in [7, 11) is 0. The zero-order valence-electron chi connectivity index (χ0n) is 15.5. The van der Waals surface area contributed by atoms with E-state index in [2.05, 4.69) is 9.64 Å². The van der Waals surface area contributed by atoms with E-state index >= 15 is 0 Å². The predicted octanol–water partition coefficient (Wildman–Crippen LogP) is 4.59. The van der Waals surface area contributed by atoms with Crippen molar-refractivity contribution >= 4 is 17.4 Å². The lowest BCUT2D eigenvalue weighted by atomic mass is 10.1. The second kappa shape index (κ2) is 9.80. The van der Waals surface area contributed by atoms with Crippen LogP contribution in [0.2, 0.25) is 5.02 Å². The van der Waals surface area contributed by atoms with Crippen molar-refractivity contribution in [3.63, 3.8) is 0 Å². The maximum Gasteiger partial charge on any atom is 0.387 e. The summed E-state index contributed by atoms with van der Waals surface area (Å²) >= 11 is 6.08. The highest BCUT2D eigenvalue weighted by molar-refractivity contribution is 6.31. The number of carbonyl (C=O) groups is 1. The molecule has 3 rings (SSSR count). The van der Waals surface area contributed by atoms with E-state index in [4.69, 9.17) is 11.6 Å². The van der Waals surface area contributed by atoms with Crippen LogP contribution in [0.3, 0.4) is 0 Å². The van der Waals surface area contributed by atoms with E-state index < -0.39 is 6.61 Å². The predicted molar refractivity (Wildman–Crippen MR) is 105 cm³/mol. The van der Waals surface area contributed by atoms with Gasteiger partial charge in [-0.3, -0.25) is 9.69 Å². The van der Waals surface area contributed by atoms with Crippen molar-refractivity contribution in [1.82, 2.24) is 9.80 Å². The highest BCUT2D eigenvalue weighted by Gasteiger charge is 2.18. The normalized spacial score (nSPS) is 15.3. The van der Waals surface area contributed by atoms with Crippen LogP contribution < -0.4 is 4.74 Å². The van der Waals surface area contributed by atoms with Crippen molar-refractivity contribution in [1.29, 1.82) is 0 Å². The number of ether oxygens (including phenoxy) is 1. The SMILES string of the molecule is O=C(C=CN1CCN(Cc2c(F)cccc2Cl)CC1)c1cccc(OC(F)F)c1. The molecule has 1 saturated heterocycles. The third-order valence-electron chi connectivity index (χ3n) is 4.63. The van der Waals surface area contributed by atoms with Crippen molar-refractivity contribution in [2.45, 2.75) is 13.2 Å². The Kier molecular flexibility index (Phi) is 7.17. The average molecular weight is 425 g/mol. The van der Waals surface area contributed by atoms with Crippen molar-refractivity contribution in [2.24, 2.45) is 0 Å². The van der Waals surface area contributed by atoms with Crippen molar-refractivity contribution in [3.05, 3.63) is 76.7 Å². The van der Waals surface area contributed by atoms with Gasteiger partial charge in [0.25, 0.3) is 0 Å². The standard InChI is InChI=1S/C21H20ClF3N2O2/c22-18-5-2-6-19(23)17(18)14-27-11-9-26(10-12-27)8-7-20(28)15-3-1-4-16(13-15)29-21(24)25/h1-8,13,21H,9-12,14H2. The molecule has 154 valence electrons. The minimum atomic E-state index is -2.94. The quantitative estimate of drug-likeness (QED) is 0.480. The smallest absolute Gasteiger partial charge is 0.387 e. The van der Waals surface area contributed by atoms with Gasteiger partial charge in [-0.1, -0.05) is 29.8 Å². The Hall–Kier alpha value is -2.51. The van der Waals surface area contributed by atoms with E-state index in [9.17, 15) is 18.0 Å². The number of benzene rings is 2. The fraction of sp³-hybridized carbons (Fsp3) is 0.286. The molecule has 1 heterocycles. The molecule has 8 heteroatoms. The topological polar surface area (TPSA) is 32.8 Å². The molecule has 0 saturated carbocycles.